The number of para-hydroxylation sites is 1. The van der Waals surface area contributed by atoms with Crippen molar-refractivity contribution in [1.82, 2.24) is 14.5 Å². The standard InChI is InChI=1S/C18H18FN3O/c19-14-6-1-2-8-16(14)22-17(11-13-5-4-10-23-12-13)21-15-7-3-9-20-18(15)22/h1-3,6-9,13H,4-5,10-12H2. The molecule has 0 radical (unpaired) electrons. The lowest BCUT2D eigenvalue weighted by Crippen LogP contribution is -2.21. The molecule has 23 heavy (non-hydrogen) atoms. The second-order valence-corrected chi connectivity index (χ2v) is 5.95. The molecule has 0 aliphatic carbocycles. The van der Waals surface area contributed by atoms with Crippen LogP contribution in [0.1, 0.15) is 18.7 Å². The van der Waals surface area contributed by atoms with Gasteiger partial charge in [0.05, 0.1) is 5.69 Å². The molecule has 1 aliphatic rings. The van der Waals surface area contributed by atoms with Gasteiger partial charge in [-0.15, -0.1) is 0 Å². The van der Waals surface area contributed by atoms with Crippen LogP contribution in [0, 0.1) is 11.7 Å². The predicted octanol–water partition coefficient (Wildman–Crippen LogP) is 3.53. The van der Waals surface area contributed by atoms with Gasteiger partial charge in [0.1, 0.15) is 17.2 Å². The molecule has 2 aromatic heterocycles. The van der Waals surface area contributed by atoms with Crippen LogP contribution in [0.15, 0.2) is 42.6 Å². The normalized spacial score (nSPS) is 18.4. The second-order valence-electron chi connectivity index (χ2n) is 5.95. The third kappa shape index (κ3) is 2.72. The first-order valence-electron chi connectivity index (χ1n) is 7.98. The molecule has 1 saturated heterocycles. The molecule has 1 unspecified atom stereocenters. The summed E-state index contributed by atoms with van der Waals surface area (Å²) in [7, 11) is 0. The van der Waals surface area contributed by atoms with Gasteiger partial charge in [0.25, 0.3) is 0 Å². The van der Waals surface area contributed by atoms with E-state index in [1.807, 2.05) is 22.8 Å². The Bertz CT molecular complexity index is 824. The van der Waals surface area contributed by atoms with Crippen molar-refractivity contribution in [2.75, 3.05) is 13.2 Å². The number of rotatable bonds is 3. The molecule has 1 aromatic carbocycles. The number of hydrogen-bond donors (Lipinski definition) is 0. The van der Waals surface area contributed by atoms with Crippen LogP contribution in [0.4, 0.5) is 4.39 Å². The maximum atomic E-state index is 14.3. The highest BCUT2D eigenvalue weighted by Crippen LogP contribution is 2.25. The number of nitrogens with zero attached hydrogens (tertiary/aromatic N) is 3. The Morgan fingerprint density at radius 1 is 1.22 bits per heavy atom. The first-order valence-corrected chi connectivity index (χ1v) is 7.98. The van der Waals surface area contributed by atoms with Crippen LogP contribution in [0.5, 0.6) is 0 Å². The molecular formula is C18H18FN3O. The molecule has 0 spiro atoms. The van der Waals surface area contributed by atoms with Gasteiger partial charge < -0.3 is 4.74 Å². The monoisotopic (exact) mass is 311 g/mol. The van der Waals surface area contributed by atoms with Gasteiger partial charge in [0.15, 0.2) is 5.65 Å². The summed E-state index contributed by atoms with van der Waals surface area (Å²) < 4.78 is 21.8. The average Bonchev–Trinajstić information content (AvgIpc) is 2.94. The van der Waals surface area contributed by atoms with E-state index in [1.165, 1.54) is 6.07 Å². The quantitative estimate of drug-likeness (QED) is 0.743. The number of pyridine rings is 1. The van der Waals surface area contributed by atoms with E-state index in [1.54, 1.807) is 18.3 Å². The molecule has 0 N–H and O–H groups in total. The van der Waals surface area contributed by atoms with Crippen LogP contribution in [-0.4, -0.2) is 27.7 Å². The highest BCUT2D eigenvalue weighted by molar-refractivity contribution is 5.73. The molecule has 1 fully saturated rings. The Morgan fingerprint density at radius 3 is 2.96 bits per heavy atom. The minimum absolute atomic E-state index is 0.265. The minimum Gasteiger partial charge on any atom is -0.381 e. The van der Waals surface area contributed by atoms with E-state index in [4.69, 9.17) is 9.72 Å². The van der Waals surface area contributed by atoms with Crippen molar-refractivity contribution in [1.29, 1.82) is 0 Å². The smallest absolute Gasteiger partial charge is 0.164 e. The Labute approximate surface area is 133 Å². The van der Waals surface area contributed by atoms with Crippen LogP contribution in [-0.2, 0) is 11.2 Å². The summed E-state index contributed by atoms with van der Waals surface area (Å²) in [5.74, 6) is 1.00. The fourth-order valence-corrected chi connectivity index (χ4v) is 3.21. The largest absolute Gasteiger partial charge is 0.381 e. The Balaban J connectivity index is 1.83. The summed E-state index contributed by atoms with van der Waals surface area (Å²) in [6.07, 6.45) is 4.68. The van der Waals surface area contributed by atoms with E-state index in [9.17, 15) is 4.39 Å². The summed E-state index contributed by atoms with van der Waals surface area (Å²) in [5.41, 5.74) is 1.99. The first kappa shape index (κ1) is 14.3. The van der Waals surface area contributed by atoms with Gasteiger partial charge in [-0.3, -0.25) is 4.57 Å². The summed E-state index contributed by atoms with van der Waals surface area (Å²) in [6.45, 7) is 1.58. The van der Waals surface area contributed by atoms with Crippen molar-refractivity contribution in [3.8, 4) is 5.69 Å². The molecule has 3 heterocycles. The molecule has 0 saturated carbocycles. The van der Waals surface area contributed by atoms with E-state index < -0.39 is 0 Å². The number of hydrogen-bond acceptors (Lipinski definition) is 3. The number of fused-ring (bicyclic) bond motifs is 1. The lowest BCUT2D eigenvalue weighted by atomic mass is 9.98. The summed E-state index contributed by atoms with van der Waals surface area (Å²) in [4.78, 5) is 9.12. The number of imidazole rings is 1. The van der Waals surface area contributed by atoms with Gasteiger partial charge in [0.2, 0.25) is 0 Å². The molecular weight excluding hydrogens is 293 g/mol. The van der Waals surface area contributed by atoms with Crippen molar-refractivity contribution in [2.24, 2.45) is 5.92 Å². The maximum Gasteiger partial charge on any atom is 0.164 e. The van der Waals surface area contributed by atoms with Gasteiger partial charge in [-0.25, -0.2) is 14.4 Å². The molecule has 0 bridgehead atoms. The van der Waals surface area contributed by atoms with E-state index in [2.05, 4.69) is 4.98 Å². The lowest BCUT2D eigenvalue weighted by Gasteiger charge is -2.22. The highest BCUT2D eigenvalue weighted by Gasteiger charge is 2.21. The topological polar surface area (TPSA) is 39.9 Å². The molecule has 0 amide bonds. The van der Waals surface area contributed by atoms with Gasteiger partial charge in [0, 0.05) is 25.8 Å². The number of benzene rings is 1. The van der Waals surface area contributed by atoms with Crippen molar-refractivity contribution in [2.45, 2.75) is 19.3 Å². The van der Waals surface area contributed by atoms with Crippen LogP contribution < -0.4 is 0 Å². The Kier molecular flexibility index (Phi) is 3.79. The lowest BCUT2D eigenvalue weighted by molar-refractivity contribution is 0.0542. The molecule has 5 heteroatoms. The number of halogens is 1. The van der Waals surface area contributed by atoms with Crippen LogP contribution in [0.2, 0.25) is 0 Å². The molecule has 1 atom stereocenters. The molecule has 118 valence electrons. The highest BCUT2D eigenvalue weighted by atomic mass is 19.1. The summed E-state index contributed by atoms with van der Waals surface area (Å²) in [6, 6.07) is 10.5. The summed E-state index contributed by atoms with van der Waals surface area (Å²) in [5, 5.41) is 0. The van der Waals surface area contributed by atoms with Crippen molar-refractivity contribution < 1.29 is 9.13 Å². The van der Waals surface area contributed by atoms with Crippen LogP contribution in [0.25, 0.3) is 16.9 Å². The van der Waals surface area contributed by atoms with Crippen molar-refractivity contribution in [3.05, 3.63) is 54.2 Å². The number of aromatic nitrogens is 3. The zero-order chi connectivity index (χ0) is 15.6. The van der Waals surface area contributed by atoms with Crippen LogP contribution >= 0.6 is 0 Å². The maximum absolute atomic E-state index is 14.3. The molecule has 4 nitrogen and oxygen atoms in total. The van der Waals surface area contributed by atoms with E-state index in [-0.39, 0.29) is 5.82 Å². The third-order valence-corrected chi connectivity index (χ3v) is 4.30. The molecule has 1 aliphatic heterocycles. The fourth-order valence-electron chi connectivity index (χ4n) is 3.21. The van der Waals surface area contributed by atoms with Gasteiger partial charge in [-0.1, -0.05) is 12.1 Å². The van der Waals surface area contributed by atoms with E-state index in [0.29, 0.717) is 17.3 Å². The van der Waals surface area contributed by atoms with Gasteiger partial charge in [-0.2, -0.15) is 0 Å². The first-order chi connectivity index (χ1) is 11.3. The fraction of sp³-hybridized carbons (Fsp3) is 0.333. The van der Waals surface area contributed by atoms with Gasteiger partial charge >= 0.3 is 0 Å². The molecule has 3 aromatic rings. The molecule has 4 rings (SSSR count). The Hall–Kier alpha value is -2.27. The Morgan fingerprint density at radius 2 is 2.13 bits per heavy atom. The van der Waals surface area contributed by atoms with Crippen molar-refractivity contribution in [3.63, 3.8) is 0 Å². The zero-order valence-electron chi connectivity index (χ0n) is 12.8. The second kappa shape index (κ2) is 6.08. The van der Waals surface area contributed by atoms with Crippen LogP contribution in [0.3, 0.4) is 0 Å². The average molecular weight is 311 g/mol. The minimum atomic E-state index is -0.265. The predicted molar refractivity (Wildman–Crippen MR) is 86.1 cm³/mol. The van der Waals surface area contributed by atoms with Crippen molar-refractivity contribution >= 4 is 11.2 Å². The zero-order valence-corrected chi connectivity index (χ0v) is 12.8. The van der Waals surface area contributed by atoms with E-state index >= 15 is 0 Å². The third-order valence-electron chi connectivity index (χ3n) is 4.30. The van der Waals surface area contributed by atoms with Gasteiger partial charge in [-0.05, 0) is 43.0 Å². The van der Waals surface area contributed by atoms with E-state index in [0.717, 1.165) is 43.8 Å². The SMILES string of the molecule is Fc1ccccc1-n1c(CC2CCCOC2)nc2cccnc21. The number of ether oxygens (including phenoxy) is 1. The summed E-state index contributed by atoms with van der Waals surface area (Å²) >= 11 is 0.